The van der Waals surface area contributed by atoms with Crippen molar-refractivity contribution in [2.45, 2.75) is 17.7 Å². The van der Waals surface area contributed by atoms with Crippen LogP contribution in [0.1, 0.15) is 10.4 Å². The number of nitrogens with one attached hydrogen (secondary N) is 1. The number of hydrogen-bond acceptors (Lipinski definition) is 12. The van der Waals surface area contributed by atoms with E-state index in [2.05, 4.69) is 5.32 Å². The summed E-state index contributed by atoms with van der Waals surface area (Å²) in [6, 6.07) is 7.89. The maximum atomic E-state index is 11.2. The van der Waals surface area contributed by atoms with Gasteiger partial charge in [0, 0.05) is 18.3 Å². The van der Waals surface area contributed by atoms with E-state index in [0.29, 0.717) is 5.75 Å². The van der Waals surface area contributed by atoms with E-state index in [-0.39, 0.29) is 53.8 Å². The summed E-state index contributed by atoms with van der Waals surface area (Å²) in [7, 11) is 0. The number of benzene rings is 2. The van der Waals surface area contributed by atoms with Gasteiger partial charge in [-0.1, -0.05) is 12.1 Å². The maximum Gasteiger partial charge on any atom is 0.287 e. The predicted molar refractivity (Wildman–Crippen MR) is 119 cm³/mol. The van der Waals surface area contributed by atoms with Crippen LogP contribution in [-0.4, -0.2) is 90.7 Å². The fourth-order valence-electron chi connectivity index (χ4n) is 3.34. The minimum Gasteiger partial charge on any atom is -0.507 e. The van der Waals surface area contributed by atoms with Crippen LogP contribution in [0.15, 0.2) is 36.4 Å². The molecule has 0 spiro atoms. The monoisotopic (exact) mass is 494 g/mol. The Labute approximate surface area is 197 Å². The number of phenols is 1. The molecule has 13 heteroatoms. The first-order valence-corrected chi connectivity index (χ1v) is 10.3. The lowest BCUT2D eigenvalue weighted by molar-refractivity contribution is -0.311. The highest BCUT2D eigenvalue weighted by atomic mass is 16.6. The molecule has 0 radical (unpaired) electrons. The van der Waals surface area contributed by atoms with Crippen molar-refractivity contribution in [1.29, 1.82) is 0 Å². The Hall–Kier alpha value is -3.59. The van der Waals surface area contributed by atoms with Gasteiger partial charge in [0.05, 0.1) is 10.8 Å². The van der Waals surface area contributed by atoms with Crippen molar-refractivity contribution >= 4 is 17.4 Å². The Morgan fingerprint density at radius 2 is 1.69 bits per heavy atom. The standard InChI is InChI=1S/C22H26N2O11/c23-20(29)14-8-12(4-5-15(14)26)34-7-6-24-9-11(25)10-35-16-3-1-2-13-17(16)19(28)22(32,33)21(30,31)18(13)27/h1-5,8,11,24-28,30-33H,6-7,9-10H2,(H2,23,29). The molecule has 0 aliphatic heterocycles. The third-order valence-electron chi connectivity index (χ3n) is 5.26. The fourth-order valence-corrected chi connectivity index (χ4v) is 3.34. The molecule has 0 heterocycles. The van der Waals surface area contributed by atoms with E-state index < -0.39 is 35.1 Å². The number of hydrogen-bond donors (Lipinski definition) is 10. The number of amides is 1. The van der Waals surface area contributed by atoms with Crippen molar-refractivity contribution in [1.82, 2.24) is 5.32 Å². The molecule has 0 bridgehead atoms. The van der Waals surface area contributed by atoms with Gasteiger partial charge in [0.15, 0.2) is 11.5 Å². The van der Waals surface area contributed by atoms with E-state index >= 15 is 0 Å². The van der Waals surface area contributed by atoms with Gasteiger partial charge in [-0.3, -0.25) is 4.79 Å². The van der Waals surface area contributed by atoms with Crippen LogP contribution in [0.2, 0.25) is 0 Å². The van der Waals surface area contributed by atoms with Crippen molar-refractivity contribution in [3.63, 3.8) is 0 Å². The van der Waals surface area contributed by atoms with Gasteiger partial charge in [0.2, 0.25) is 0 Å². The van der Waals surface area contributed by atoms with Crippen molar-refractivity contribution in [2.75, 3.05) is 26.3 Å². The number of aromatic hydroxyl groups is 1. The average molecular weight is 494 g/mol. The Morgan fingerprint density at radius 3 is 2.37 bits per heavy atom. The van der Waals surface area contributed by atoms with Crippen LogP contribution < -0.4 is 31.0 Å². The molecule has 1 atom stereocenters. The molecule has 1 aliphatic carbocycles. The van der Waals surface area contributed by atoms with E-state index in [1.54, 1.807) is 0 Å². The van der Waals surface area contributed by atoms with E-state index in [4.69, 9.17) is 15.2 Å². The molecule has 0 saturated heterocycles. The summed E-state index contributed by atoms with van der Waals surface area (Å²) < 4.78 is 10.9. The van der Waals surface area contributed by atoms with Gasteiger partial charge in [0.25, 0.3) is 17.5 Å². The van der Waals surface area contributed by atoms with Crippen molar-refractivity contribution in [2.24, 2.45) is 5.73 Å². The average Bonchev–Trinajstić information content (AvgIpc) is 2.81. The first-order valence-electron chi connectivity index (χ1n) is 10.3. The van der Waals surface area contributed by atoms with Gasteiger partial charge in [0.1, 0.15) is 36.6 Å². The minimum atomic E-state index is -3.61. The second kappa shape index (κ2) is 9.95. The van der Waals surface area contributed by atoms with E-state index in [9.17, 15) is 45.6 Å². The number of fused-ring (bicyclic) bond motifs is 1. The molecule has 0 saturated carbocycles. The first kappa shape index (κ1) is 26.0. The molecular formula is C22H26N2O11. The molecule has 11 N–H and O–H groups in total. The number of aliphatic hydroxyl groups excluding tert-OH is 3. The molecule has 0 aromatic heterocycles. The Balaban J connectivity index is 1.56. The zero-order valence-corrected chi connectivity index (χ0v) is 18.2. The highest BCUT2D eigenvalue weighted by Crippen LogP contribution is 2.31. The van der Waals surface area contributed by atoms with E-state index in [1.807, 2.05) is 0 Å². The lowest BCUT2D eigenvalue weighted by Gasteiger charge is -2.36. The zero-order valence-electron chi connectivity index (χ0n) is 18.2. The highest BCUT2D eigenvalue weighted by molar-refractivity contribution is 5.95. The maximum absolute atomic E-state index is 11.2. The highest BCUT2D eigenvalue weighted by Gasteiger charge is 2.57. The Bertz CT molecular complexity index is 1230. The number of nitrogens with two attached hydrogens (primary N) is 1. The summed E-state index contributed by atoms with van der Waals surface area (Å²) >= 11 is 0. The second-order valence-electron chi connectivity index (χ2n) is 7.78. The minimum absolute atomic E-state index is 0.0495. The molecule has 2 aromatic rings. The molecule has 35 heavy (non-hydrogen) atoms. The van der Waals surface area contributed by atoms with Crippen LogP contribution in [0.4, 0.5) is 0 Å². The SMILES string of the molecule is NC(=O)c1cc(OCCNCC(O)COc2cccc3c2=C(O)C(O)(O)C(O)(O)C=3O)ccc1O. The number of rotatable bonds is 10. The van der Waals surface area contributed by atoms with E-state index in [0.717, 1.165) is 0 Å². The summed E-state index contributed by atoms with van der Waals surface area (Å²) in [4.78, 5) is 11.2. The lowest BCUT2D eigenvalue weighted by Crippen LogP contribution is -2.63. The molecule has 2 aromatic carbocycles. The molecule has 190 valence electrons. The van der Waals surface area contributed by atoms with Crippen LogP contribution in [0.25, 0.3) is 11.5 Å². The van der Waals surface area contributed by atoms with Gasteiger partial charge < -0.3 is 61.4 Å². The van der Waals surface area contributed by atoms with Crippen LogP contribution in [0.5, 0.6) is 17.2 Å². The lowest BCUT2D eigenvalue weighted by atomic mass is 9.92. The number of aliphatic hydroxyl groups is 7. The molecule has 3 rings (SSSR count). The summed E-state index contributed by atoms with van der Waals surface area (Å²) in [5, 5.41) is 81.7. The Kier molecular flexibility index (Phi) is 7.40. The van der Waals surface area contributed by atoms with Crippen molar-refractivity contribution < 1.29 is 55.1 Å². The van der Waals surface area contributed by atoms with Gasteiger partial charge >= 0.3 is 0 Å². The molecular weight excluding hydrogens is 468 g/mol. The van der Waals surface area contributed by atoms with Gasteiger partial charge in [-0.05, 0) is 24.3 Å². The topological polar surface area (TPSA) is 235 Å². The van der Waals surface area contributed by atoms with Crippen molar-refractivity contribution in [3.8, 4) is 17.2 Å². The summed E-state index contributed by atoms with van der Waals surface area (Å²) in [6.45, 7) is 0.174. The predicted octanol–water partition coefficient (Wildman–Crippen LogP) is -3.39. The molecule has 1 aliphatic rings. The van der Waals surface area contributed by atoms with E-state index in [1.165, 1.54) is 36.4 Å². The largest absolute Gasteiger partial charge is 0.507 e. The second-order valence-corrected chi connectivity index (χ2v) is 7.78. The number of primary amides is 1. The summed E-state index contributed by atoms with van der Waals surface area (Å²) in [6.07, 6.45) is -1.06. The number of ether oxygens (including phenoxy) is 2. The smallest absolute Gasteiger partial charge is 0.287 e. The van der Waals surface area contributed by atoms with Crippen LogP contribution in [0.3, 0.4) is 0 Å². The van der Waals surface area contributed by atoms with Crippen molar-refractivity contribution in [3.05, 3.63) is 52.4 Å². The summed E-state index contributed by atoms with van der Waals surface area (Å²) in [5.74, 6) is -10.6. The zero-order chi connectivity index (χ0) is 26.0. The van der Waals surface area contributed by atoms with Gasteiger partial charge in [-0.25, -0.2) is 0 Å². The quantitative estimate of drug-likeness (QED) is 0.115. The number of carbonyl (C=O) groups is 1. The molecule has 13 nitrogen and oxygen atoms in total. The normalized spacial score (nSPS) is 16.9. The Morgan fingerprint density at radius 1 is 1.00 bits per heavy atom. The third-order valence-corrected chi connectivity index (χ3v) is 5.26. The number of carbonyl (C=O) groups excluding carboxylic acids is 1. The fraction of sp³-hybridized carbons (Fsp3) is 0.318. The molecule has 0 fully saturated rings. The van der Waals surface area contributed by atoms with Gasteiger partial charge in [-0.15, -0.1) is 0 Å². The van der Waals surface area contributed by atoms with Crippen LogP contribution in [-0.2, 0) is 0 Å². The third kappa shape index (κ3) is 5.09. The van der Waals surface area contributed by atoms with Crippen LogP contribution >= 0.6 is 0 Å². The van der Waals surface area contributed by atoms with Crippen LogP contribution in [0, 0.1) is 0 Å². The van der Waals surface area contributed by atoms with Gasteiger partial charge in [-0.2, -0.15) is 0 Å². The molecule has 1 amide bonds. The summed E-state index contributed by atoms with van der Waals surface area (Å²) in [5.41, 5.74) is 5.08. The molecule has 1 unspecified atom stereocenters. The first-order chi connectivity index (χ1) is 16.4.